The van der Waals surface area contributed by atoms with E-state index in [1.807, 2.05) is 11.7 Å². The summed E-state index contributed by atoms with van der Waals surface area (Å²) in [6.45, 7) is 4.20. The van der Waals surface area contributed by atoms with Crippen molar-refractivity contribution in [3.8, 4) is 0 Å². The van der Waals surface area contributed by atoms with Gasteiger partial charge in [-0.3, -0.25) is 4.68 Å². The Bertz CT molecular complexity index is 413. The number of aromatic nitrogens is 2. The van der Waals surface area contributed by atoms with Crippen LogP contribution in [0.1, 0.15) is 31.2 Å². The summed E-state index contributed by atoms with van der Waals surface area (Å²) < 4.78 is 3.16. The minimum Gasteiger partial charge on any atom is -0.300 e. The fourth-order valence-corrected chi connectivity index (χ4v) is 3.80. The summed E-state index contributed by atoms with van der Waals surface area (Å²) in [5.41, 5.74) is 2.40. The average molecular weight is 335 g/mol. The van der Waals surface area contributed by atoms with E-state index in [0.29, 0.717) is 5.38 Å². The van der Waals surface area contributed by atoms with Crippen molar-refractivity contribution in [1.82, 2.24) is 14.7 Å². The third-order valence-corrected chi connectivity index (χ3v) is 4.94. The smallest absolute Gasteiger partial charge is 0.0767 e. The molecule has 18 heavy (non-hydrogen) atoms. The molecule has 1 aromatic rings. The Morgan fingerprint density at radius 3 is 2.67 bits per heavy atom. The van der Waals surface area contributed by atoms with E-state index in [2.05, 4.69) is 39.9 Å². The van der Waals surface area contributed by atoms with Crippen molar-refractivity contribution in [2.24, 2.45) is 13.0 Å². The summed E-state index contributed by atoms with van der Waals surface area (Å²) in [6.07, 6.45) is 3.30. The maximum atomic E-state index is 6.02. The number of halogens is 2. The van der Waals surface area contributed by atoms with Crippen molar-refractivity contribution in [1.29, 1.82) is 0 Å². The van der Waals surface area contributed by atoms with Crippen LogP contribution in [0, 0.1) is 5.92 Å². The summed E-state index contributed by atoms with van der Waals surface area (Å²) in [4.78, 5) is 2.37. The van der Waals surface area contributed by atoms with Gasteiger partial charge < -0.3 is 4.90 Å². The standard InChI is InChI=1S/C13H21BrClN3/c1-4-11-13(14)12(18(3)16-11)8-17(2)7-9-5-10(15)6-9/h9-10H,4-8H2,1-3H3. The van der Waals surface area contributed by atoms with E-state index in [1.165, 1.54) is 23.0 Å². The zero-order valence-corrected chi connectivity index (χ0v) is 13.6. The van der Waals surface area contributed by atoms with E-state index in [4.69, 9.17) is 11.6 Å². The number of rotatable bonds is 5. The first-order chi connectivity index (χ1) is 8.51. The molecule has 1 heterocycles. The van der Waals surface area contributed by atoms with E-state index >= 15 is 0 Å². The molecule has 0 amide bonds. The fraction of sp³-hybridized carbons (Fsp3) is 0.769. The topological polar surface area (TPSA) is 21.1 Å². The highest BCUT2D eigenvalue weighted by Crippen LogP contribution is 2.32. The van der Waals surface area contributed by atoms with Gasteiger partial charge in [-0.2, -0.15) is 5.10 Å². The first kappa shape index (κ1) is 14.4. The first-order valence-electron chi connectivity index (χ1n) is 6.54. The third kappa shape index (κ3) is 3.09. The lowest BCUT2D eigenvalue weighted by Crippen LogP contribution is -2.34. The van der Waals surface area contributed by atoms with Gasteiger partial charge in [0, 0.05) is 25.5 Å². The van der Waals surface area contributed by atoms with Crippen LogP contribution in [0.2, 0.25) is 0 Å². The zero-order valence-electron chi connectivity index (χ0n) is 11.3. The zero-order chi connectivity index (χ0) is 13.3. The van der Waals surface area contributed by atoms with Crippen LogP contribution in [0.15, 0.2) is 4.47 Å². The number of alkyl halides is 1. The minimum atomic E-state index is 0.415. The van der Waals surface area contributed by atoms with Crippen molar-refractivity contribution in [3.05, 3.63) is 15.9 Å². The molecule has 0 atom stereocenters. The lowest BCUT2D eigenvalue weighted by atomic mass is 9.84. The number of hydrogen-bond acceptors (Lipinski definition) is 2. The molecule has 1 aliphatic rings. The minimum absolute atomic E-state index is 0.415. The van der Waals surface area contributed by atoms with Gasteiger partial charge in [0.15, 0.2) is 0 Å². The Kier molecular flexibility index (Phi) is 4.73. The van der Waals surface area contributed by atoms with Crippen molar-refractivity contribution in [3.63, 3.8) is 0 Å². The molecule has 0 saturated heterocycles. The Hall–Kier alpha value is -0.0600. The maximum absolute atomic E-state index is 6.02. The summed E-state index contributed by atoms with van der Waals surface area (Å²) in [5, 5.41) is 4.94. The average Bonchev–Trinajstić information content (AvgIpc) is 2.54. The molecule has 0 radical (unpaired) electrons. The second-order valence-corrected chi connectivity index (χ2v) is 6.73. The predicted octanol–water partition coefficient (Wildman–Crippen LogP) is 3.19. The van der Waals surface area contributed by atoms with Crippen LogP contribution in [0.25, 0.3) is 0 Å². The molecule has 0 bridgehead atoms. The van der Waals surface area contributed by atoms with Crippen molar-refractivity contribution >= 4 is 27.5 Å². The van der Waals surface area contributed by atoms with Crippen LogP contribution in [-0.2, 0) is 20.0 Å². The summed E-state index contributed by atoms with van der Waals surface area (Å²) in [7, 11) is 4.19. The molecule has 1 saturated carbocycles. The molecular formula is C13H21BrClN3. The largest absolute Gasteiger partial charge is 0.300 e. The molecule has 0 aromatic carbocycles. The van der Waals surface area contributed by atoms with Crippen LogP contribution < -0.4 is 0 Å². The van der Waals surface area contributed by atoms with Gasteiger partial charge in [-0.15, -0.1) is 11.6 Å². The molecule has 1 aromatic heterocycles. The Labute approximate surface area is 123 Å². The molecule has 0 spiro atoms. The molecule has 1 aliphatic carbocycles. The number of nitrogens with zero attached hydrogens (tertiary/aromatic N) is 3. The molecule has 3 nitrogen and oxygen atoms in total. The Balaban J connectivity index is 1.94. The van der Waals surface area contributed by atoms with Crippen molar-refractivity contribution in [2.75, 3.05) is 13.6 Å². The third-order valence-electron chi connectivity index (χ3n) is 3.67. The van der Waals surface area contributed by atoms with Gasteiger partial charge >= 0.3 is 0 Å². The number of aryl methyl sites for hydroxylation is 2. The monoisotopic (exact) mass is 333 g/mol. The van der Waals surface area contributed by atoms with E-state index < -0.39 is 0 Å². The van der Waals surface area contributed by atoms with E-state index in [0.717, 1.165) is 31.1 Å². The quantitative estimate of drug-likeness (QED) is 0.771. The first-order valence-corrected chi connectivity index (χ1v) is 7.77. The highest BCUT2D eigenvalue weighted by molar-refractivity contribution is 9.10. The summed E-state index contributed by atoms with van der Waals surface area (Å²) in [6, 6.07) is 0. The van der Waals surface area contributed by atoms with Crippen LogP contribution in [-0.4, -0.2) is 33.6 Å². The number of hydrogen-bond donors (Lipinski definition) is 0. The molecule has 2 rings (SSSR count). The van der Waals surface area contributed by atoms with E-state index in [-0.39, 0.29) is 0 Å². The highest BCUT2D eigenvalue weighted by atomic mass is 79.9. The molecule has 0 N–H and O–H groups in total. The second kappa shape index (κ2) is 5.93. The second-order valence-electron chi connectivity index (χ2n) is 5.32. The van der Waals surface area contributed by atoms with E-state index in [1.54, 1.807) is 0 Å². The predicted molar refractivity (Wildman–Crippen MR) is 79.0 cm³/mol. The van der Waals surface area contributed by atoms with Gasteiger partial charge in [-0.05, 0) is 48.2 Å². The van der Waals surface area contributed by atoms with Gasteiger partial charge in [0.2, 0.25) is 0 Å². The van der Waals surface area contributed by atoms with Gasteiger partial charge in [-0.25, -0.2) is 0 Å². The van der Waals surface area contributed by atoms with Crippen LogP contribution >= 0.6 is 27.5 Å². The molecular weight excluding hydrogens is 314 g/mol. The lowest BCUT2D eigenvalue weighted by Gasteiger charge is -2.34. The molecule has 0 unspecified atom stereocenters. The van der Waals surface area contributed by atoms with Gasteiger partial charge in [0.05, 0.1) is 15.9 Å². The van der Waals surface area contributed by atoms with Crippen LogP contribution in [0.3, 0.4) is 0 Å². The molecule has 5 heteroatoms. The maximum Gasteiger partial charge on any atom is 0.0767 e. The van der Waals surface area contributed by atoms with Crippen molar-refractivity contribution < 1.29 is 0 Å². The molecule has 1 fully saturated rings. The lowest BCUT2D eigenvalue weighted by molar-refractivity contribution is 0.201. The molecule has 0 aliphatic heterocycles. The van der Waals surface area contributed by atoms with Crippen molar-refractivity contribution in [2.45, 2.75) is 38.1 Å². The van der Waals surface area contributed by atoms with Crippen LogP contribution in [0.5, 0.6) is 0 Å². The SMILES string of the molecule is CCc1nn(C)c(CN(C)CC2CC(Cl)C2)c1Br. The molecule has 102 valence electrons. The highest BCUT2D eigenvalue weighted by Gasteiger charge is 2.28. The Morgan fingerprint density at radius 2 is 2.17 bits per heavy atom. The Morgan fingerprint density at radius 1 is 1.50 bits per heavy atom. The fourth-order valence-electron chi connectivity index (χ4n) is 2.56. The summed E-state index contributed by atoms with van der Waals surface area (Å²) >= 11 is 9.69. The van der Waals surface area contributed by atoms with Gasteiger partial charge in [0.1, 0.15) is 0 Å². The summed E-state index contributed by atoms with van der Waals surface area (Å²) in [5.74, 6) is 0.773. The van der Waals surface area contributed by atoms with Crippen LogP contribution in [0.4, 0.5) is 0 Å². The van der Waals surface area contributed by atoms with E-state index in [9.17, 15) is 0 Å². The normalized spacial score (nSPS) is 23.4. The van der Waals surface area contributed by atoms with Gasteiger partial charge in [0.25, 0.3) is 0 Å². The van der Waals surface area contributed by atoms with Gasteiger partial charge in [-0.1, -0.05) is 6.92 Å².